The monoisotopic (exact) mass is 228 g/mol. The molecule has 82 valence electrons. The minimum Gasteiger partial charge on any atom is -0.419 e. The fraction of sp³-hybridized carbons (Fsp3) is 0.600. The third kappa shape index (κ3) is 1.30. The van der Waals surface area contributed by atoms with Gasteiger partial charge in [0.25, 0.3) is 0 Å². The molecule has 0 aromatic rings. The highest BCUT2D eigenvalue weighted by Crippen LogP contribution is 2.53. The van der Waals surface area contributed by atoms with Gasteiger partial charge in [-0.25, -0.2) is 4.39 Å². The van der Waals surface area contributed by atoms with Crippen molar-refractivity contribution in [1.29, 1.82) is 0 Å². The van der Waals surface area contributed by atoms with Crippen LogP contribution in [0.4, 0.5) is 35.1 Å². The summed E-state index contributed by atoms with van der Waals surface area (Å²) in [6.45, 7) is 0. The van der Waals surface area contributed by atoms with E-state index in [1.165, 1.54) is 0 Å². The fourth-order valence-corrected chi connectivity index (χ4v) is 0.690. The number of ether oxygens (including phenoxy) is 1. The molecule has 0 aliphatic carbocycles. The predicted molar refractivity (Wildman–Crippen MR) is 25.2 cm³/mol. The van der Waals surface area contributed by atoms with E-state index in [1.807, 2.05) is 0 Å². The third-order valence-electron chi connectivity index (χ3n) is 1.33. The molecule has 0 aromatic heterocycles. The lowest BCUT2D eigenvalue weighted by atomic mass is 10.3. The number of hydrogen-bond donors (Lipinski definition) is 0. The van der Waals surface area contributed by atoms with E-state index in [0.29, 0.717) is 0 Å². The van der Waals surface area contributed by atoms with Gasteiger partial charge < -0.3 is 4.74 Å². The topological polar surface area (TPSA) is 9.23 Å². The van der Waals surface area contributed by atoms with Gasteiger partial charge in [-0.05, 0) is 0 Å². The Morgan fingerprint density at radius 2 is 1.43 bits per heavy atom. The van der Waals surface area contributed by atoms with Crippen LogP contribution in [0.5, 0.6) is 0 Å². The lowest BCUT2D eigenvalue weighted by Crippen LogP contribution is -2.37. The number of alkyl halides is 7. The Hall–Kier alpha value is -1.02. The van der Waals surface area contributed by atoms with Crippen molar-refractivity contribution >= 4 is 0 Å². The van der Waals surface area contributed by atoms with E-state index in [1.54, 1.807) is 0 Å². The van der Waals surface area contributed by atoms with Crippen molar-refractivity contribution in [2.75, 3.05) is 0 Å². The van der Waals surface area contributed by atoms with E-state index in [9.17, 15) is 35.1 Å². The van der Waals surface area contributed by atoms with Crippen LogP contribution in [-0.4, -0.2) is 18.2 Å². The Labute approximate surface area is 70.9 Å². The normalized spacial score (nSPS) is 25.1. The molecule has 14 heavy (non-hydrogen) atoms. The first-order chi connectivity index (χ1) is 6.00. The zero-order chi connectivity index (χ0) is 11.4. The first-order valence-corrected chi connectivity index (χ1v) is 2.92. The number of allylic oxidation sites excluding steroid dienone is 1. The van der Waals surface area contributed by atoms with Crippen molar-refractivity contribution in [3.05, 3.63) is 11.6 Å². The maximum absolute atomic E-state index is 12.2. The average molecular weight is 228 g/mol. The zero-order valence-electron chi connectivity index (χ0n) is 5.93. The number of hydrogen-bond acceptors (Lipinski definition) is 1. The molecule has 1 nitrogen and oxygen atoms in total. The van der Waals surface area contributed by atoms with E-state index in [0.717, 1.165) is 0 Å². The van der Waals surface area contributed by atoms with Crippen LogP contribution >= 0.6 is 0 Å². The fourth-order valence-electron chi connectivity index (χ4n) is 0.690. The SMILES string of the molecule is FC1=C(C(F)(F)F)OC(F)(F)C1(F)F. The molecule has 0 radical (unpaired) electrons. The largest absolute Gasteiger partial charge is 0.471 e. The maximum Gasteiger partial charge on any atom is 0.471 e. The standard InChI is InChI=1S/C5F8O/c6-1-2(4(9,10)11)14-5(12,13)3(1,7)8. The van der Waals surface area contributed by atoms with Gasteiger partial charge in [0, 0.05) is 0 Å². The zero-order valence-corrected chi connectivity index (χ0v) is 5.93. The van der Waals surface area contributed by atoms with Gasteiger partial charge in [-0.1, -0.05) is 0 Å². The van der Waals surface area contributed by atoms with Crippen LogP contribution in [-0.2, 0) is 4.74 Å². The summed E-state index contributed by atoms with van der Waals surface area (Å²) in [6.07, 6.45) is -11.2. The molecule has 0 aromatic carbocycles. The van der Waals surface area contributed by atoms with Crippen molar-refractivity contribution in [2.24, 2.45) is 0 Å². The van der Waals surface area contributed by atoms with Crippen molar-refractivity contribution in [1.82, 2.24) is 0 Å². The van der Waals surface area contributed by atoms with E-state index in [2.05, 4.69) is 4.74 Å². The maximum atomic E-state index is 12.2. The molecule has 0 fully saturated rings. The summed E-state index contributed by atoms with van der Waals surface area (Å²) in [4.78, 5) is 0. The summed E-state index contributed by atoms with van der Waals surface area (Å²) < 4.78 is 97.7. The van der Waals surface area contributed by atoms with Gasteiger partial charge in [0.2, 0.25) is 11.6 Å². The summed E-state index contributed by atoms with van der Waals surface area (Å²) in [5, 5.41) is 0. The highest BCUT2D eigenvalue weighted by molar-refractivity contribution is 5.22. The third-order valence-corrected chi connectivity index (χ3v) is 1.33. The molecule has 0 saturated carbocycles. The van der Waals surface area contributed by atoms with Crippen LogP contribution in [0.25, 0.3) is 0 Å². The highest BCUT2D eigenvalue weighted by atomic mass is 19.4. The summed E-state index contributed by atoms with van der Waals surface area (Å²) in [6, 6.07) is 0. The molecule has 0 amide bonds. The lowest BCUT2D eigenvalue weighted by molar-refractivity contribution is -0.312. The van der Waals surface area contributed by atoms with Gasteiger partial charge in [0.05, 0.1) is 0 Å². The van der Waals surface area contributed by atoms with Crippen LogP contribution in [0.2, 0.25) is 0 Å². The summed E-state index contributed by atoms with van der Waals surface area (Å²) in [5.74, 6) is -11.9. The molecule has 0 unspecified atom stereocenters. The quantitative estimate of drug-likeness (QED) is 0.579. The van der Waals surface area contributed by atoms with Gasteiger partial charge in [-0.3, -0.25) is 0 Å². The van der Waals surface area contributed by atoms with Crippen LogP contribution in [0, 0.1) is 0 Å². The second kappa shape index (κ2) is 2.51. The predicted octanol–water partition coefficient (Wildman–Crippen LogP) is 2.99. The Kier molecular flexibility index (Phi) is 1.98. The van der Waals surface area contributed by atoms with Crippen molar-refractivity contribution in [3.63, 3.8) is 0 Å². The van der Waals surface area contributed by atoms with Gasteiger partial charge in [-0.2, -0.15) is 30.7 Å². The second-order valence-electron chi connectivity index (χ2n) is 2.33. The van der Waals surface area contributed by atoms with Gasteiger partial charge in [0.1, 0.15) is 0 Å². The van der Waals surface area contributed by atoms with Gasteiger partial charge >= 0.3 is 18.2 Å². The Morgan fingerprint density at radius 1 is 1.00 bits per heavy atom. The Balaban J connectivity index is 3.21. The van der Waals surface area contributed by atoms with E-state index >= 15 is 0 Å². The van der Waals surface area contributed by atoms with Crippen molar-refractivity contribution in [2.45, 2.75) is 18.2 Å². The molecule has 1 aliphatic heterocycles. The average Bonchev–Trinajstić information content (AvgIpc) is 2.09. The van der Waals surface area contributed by atoms with Crippen LogP contribution in [0.3, 0.4) is 0 Å². The molecule has 1 rings (SSSR count). The first kappa shape index (κ1) is 11.1. The summed E-state index contributed by atoms with van der Waals surface area (Å²) in [5.41, 5.74) is 0. The molecule has 1 aliphatic rings. The van der Waals surface area contributed by atoms with Crippen LogP contribution < -0.4 is 0 Å². The second-order valence-corrected chi connectivity index (χ2v) is 2.33. The van der Waals surface area contributed by atoms with E-state index in [-0.39, 0.29) is 0 Å². The summed E-state index contributed by atoms with van der Waals surface area (Å²) in [7, 11) is 0. The minimum absolute atomic E-state index is 2.54. The molecule has 0 N–H and O–H groups in total. The van der Waals surface area contributed by atoms with Crippen molar-refractivity contribution in [3.8, 4) is 0 Å². The molecule has 0 saturated heterocycles. The molecule has 9 heteroatoms. The number of halogens is 8. The van der Waals surface area contributed by atoms with Gasteiger partial charge in [-0.15, -0.1) is 0 Å². The molecule has 0 atom stereocenters. The molecule has 1 heterocycles. The molecular formula is C5F8O. The Morgan fingerprint density at radius 3 is 1.57 bits per heavy atom. The first-order valence-electron chi connectivity index (χ1n) is 2.92. The lowest BCUT2D eigenvalue weighted by Gasteiger charge is -2.16. The highest BCUT2D eigenvalue weighted by Gasteiger charge is 2.72. The minimum atomic E-state index is -5.71. The molecule has 0 bridgehead atoms. The van der Waals surface area contributed by atoms with Gasteiger partial charge in [0.15, 0.2) is 0 Å². The van der Waals surface area contributed by atoms with Crippen LogP contribution in [0.15, 0.2) is 11.6 Å². The number of rotatable bonds is 0. The molecular weight excluding hydrogens is 228 g/mol. The molecule has 0 spiro atoms. The van der Waals surface area contributed by atoms with E-state index < -0.39 is 29.8 Å². The Bertz CT molecular complexity index is 287. The van der Waals surface area contributed by atoms with Crippen LogP contribution in [0.1, 0.15) is 0 Å². The smallest absolute Gasteiger partial charge is 0.419 e. The van der Waals surface area contributed by atoms with Crippen molar-refractivity contribution < 1.29 is 39.9 Å². The van der Waals surface area contributed by atoms with E-state index in [4.69, 9.17) is 0 Å². The summed E-state index contributed by atoms with van der Waals surface area (Å²) >= 11 is 0.